The van der Waals surface area contributed by atoms with Crippen molar-refractivity contribution in [2.45, 2.75) is 32.4 Å². The third-order valence-corrected chi connectivity index (χ3v) is 4.59. The summed E-state index contributed by atoms with van der Waals surface area (Å²) in [5.41, 5.74) is 5.48. The van der Waals surface area contributed by atoms with E-state index in [0.29, 0.717) is 16.3 Å². The van der Waals surface area contributed by atoms with E-state index in [4.69, 9.17) is 10.5 Å². The fourth-order valence-corrected chi connectivity index (χ4v) is 3.27. The van der Waals surface area contributed by atoms with Crippen molar-refractivity contribution in [3.63, 3.8) is 0 Å². The number of imide groups is 1. The molecular weight excluding hydrogens is 388 g/mol. The third kappa shape index (κ3) is 4.14. The molecule has 3 amide bonds. The number of esters is 1. The Morgan fingerprint density at radius 2 is 1.70 bits per heavy atom. The molecule has 1 atom stereocenters. The minimum atomic E-state index is -1.09. The number of primary amides is 1. The summed E-state index contributed by atoms with van der Waals surface area (Å²) < 4.78 is 5.55. The van der Waals surface area contributed by atoms with Gasteiger partial charge in [-0.2, -0.15) is 0 Å². The van der Waals surface area contributed by atoms with Crippen molar-refractivity contribution in [3.05, 3.63) is 71.5 Å². The van der Waals surface area contributed by atoms with Gasteiger partial charge in [-0.05, 0) is 36.6 Å². The van der Waals surface area contributed by atoms with Crippen molar-refractivity contribution in [2.75, 3.05) is 0 Å². The quantitative estimate of drug-likeness (QED) is 0.551. The van der Waals surface area contributed by atoms with Gasteiger partial charge in [0.25, 0.3) is 5.91 Å². The van der Waals surface area contributed by atoms with Crippen LogP contribution in [0.1, 0.15) is 37.8 Å². The summed E-state index contributed by atoms with van der Waals surface area (Å²) in [5.74, 6) is -2.58. The van der Waals surface area contributed by atoms with Crippen molar-refractivity contribution in [3.8, 4) is 0 Å². The molecule has 0 aromatic carbocycles. The highest BCUT2D eigenvalue weighted by atomic mass is 16.5. The molecule has 0 aliphatic carbocycles. The molecule has 0 radical (unpaired) electrons. The van der Waals surface area contributed by atoms with Gasteiger partial charge in [-0.25, -0.2) is 14.5 Å². The maximum atomic E-state index is 12.9. The molecule has 2 aromatic heterocycles. The van der Waals surface area contributed by atoms with Crippen molar-refractivity contribution < 1.29 is 24.2 Å². The van der Waals surface area contributed by atoms with Gasteiger partial charge in [0.2, 0.25) is 0 Å². The van der Waals surface area contributed by atoms with Crippen LogP contribution in [-0.4, -0.2) is 43.9 Å². The average molecular weight is 410 g/mol. The van der Waals surface area contributed by atoms with Crippen LogP contribution in [-0.2, 0) is 14.3 Å². The molecule has 30 heavy (non-hydrogen) atoms. The normalized spacial score (nSPS) is 16.5. The molecule has 0 saturated carbocycles. The number of ether oxygens (including phenoxy) is 1. The van der Waals surface area contributed by atoms with Crippen molar-refractivity contribution >= 4 is 17.9 Å². The van der Waals surface area contributed by atoms with Crippen LogP contribution >= 0.6 is 0 Å². The summed E-state index contributed by atoms with van der Waals surface area (Å²) in [5, 5.41) is 10.6. The largest absolute Gasteiger partial charge is 0.509 e. The molecule has 0 spiro atoms. The molecule has 9 nitrogen and oxygen atoms in total. The van der Waals surface area contributed by atoms with Gasteiger partial charge in [-0.15, -0.1) is 0 Å². The number of pyridine rings is 2. The summed E-state index contributed by atoms with van der Waals surface area (Å²) in [6, 6.07) is 8.08. The Bertz CT molecular complexity index is 936. The number of rotatable bonds is 6. The number of nitrogens with zero attached hydrogens (tertiary/aromatic N) is 3. The van der Waals surface area contributed by atoms with Crippen LogP contribution in [0.5, 0.6) is 0 Å². The zero-order valence-electron chi connectivity index (χ0n) is 16.6. The highest BCUT2D eigenvalue weighted by Gasteiger charge is 2.46. The molecule has 3 N–H and O–H groups in total. The van der Waals surface area contributed by atoms with Crippen molar-refractivity contribution in [2.24, 2.45) is 11.7 Å². The Labute approximate surface area is 173 Å². The van der Waals surface area contributed by atoms with Gasteiger partial charge in [0.15, 0.2) is 11.7 Å². The molecule has 2 aromatic rings. The van der Waals surface area contributed by atoms with E-state index in [1.807, 2.05) is 13.8 Å². The summed E-state index contributed by atoms with van der Waals surface area (Å²) in [7, 11) is 0. The minimum absolute atomic E-state index is 0.0250. The van der Waals surface area contributed by atoms with Gasteiger partial charge < -0.3 is 15.6 Å². The lowest BCUT2D eigenvalue weighted by atomic mass is 10.0. The second kappa shape index (κ2) is 8.73. The fraction of sp³-hybridized carbons (Fsp3) is 0.286. The number of carbonyl (C=O) groups is 3. The first kappa shape index (κ1) is 21.0. The summed E-state index contributed by atoms with van der Waals surface area (Å²) in [6.45, 7) is 3.71. The van der Waals surface area contributed by atoms with Gasteiger partial charge in [0.05, 0.1) is 11.4 Å². The highest BCUT2D eigenvalue weighted by Crippen LogP contribution is 2.31. The Morgan fingerprint density at radius 1 is 1.13 bits per heavy atom. The number of aliphatic hydroxyl groups excluding tert-OH is 1. The summed E-state index contributed by atoms with van der Waals surface area (Å²) in [6.07, 6.45) is 2.30. The number of carbonyl (C=O) groups excluding carboxylic acids is 3. The van der Waals surface area contributed by atoms with E-state index < -0.39 is 41.4 Å². The van der Waals surface area contributed by atoms with E-state index in [-0.39, 0.29) is 12.3 Å². The predicted octanol–water partition coefficient (Wildman–Crippen LogP) is 2.26. The zero-order valence-corrected chi connectivity index (χ0v) is 16.6. The topological polar surface area (TPSA) is 136 Å². The van der Waals surface area contributed by atoms with Crippen molar-refractivity contribution in [1.82, 2.24) is 14.9 Å². The molecule has 0 saturated heterocycles. The number of aromatic nitrogens is 2. The summed E-state index contributed by atoms with van der Waals surface area (Å²) in [4.78, 5) is 46.5. The molecule has 0 bridgehead atoms. The van der Waals surface area contributed by atoms with Crippen LogP contribution in [0.25, 0.3) is 0 Å². The number of urea groups is 1. The van der Waals surface area contributed by atoms with Gasteiger partial charge in [0, 0.05) is 12.4 Å². The second-order valence-electron chi connectivity index (χ2n) is 7.21. The van der Waals surface area contributed by atoms with Crippen LogP contribution in [0.3, 0.4) is 0 Å². The van der Waals surface area contributed by atoms with Crippen LogP contribution < -0.4 is 5.73 Å². The first-order valence-corrected chi connectivity index (χ1v) is 9.40. The molecule has 3 heterocycles. The van der Waals surface area contributed by atoms with E-state index >= 15 is 0 Å². The summed E-state index contributed by atoms with van der Waals surface area (Å²) >= 11 is 0. The Balaban J connectivity index is 1.96. The van der Waals surface area contributed by atoms with E-state index in [1.165, 1.54) is 12.4 Å². The van der Waals surface area contributed by atoms with Crippen molar-refractivity contribution in [1.29, 1.82) is 0 Å². The number of aliphatic hydroxyl groups is 1. The number of hydrogen-bond donors (Lipinski definition) is 2. The predicted molar refractivity (Wildman–Crippen MR) is 106 cm³/mol. The molecule has 0 fully saturated rings. The average Bonchev–Trinajstić information content (AvgIpc) is 2.96. The van der Waals surface area contributed by atoms with Gasteiger partial charge in [-0.3, -0.25) is 14.8 Å². The lowest BCUT2D eigenvalue weighted by molar-refractivity contribution is -0.145. The third-order valence-electron chi connectivity index (χ3n) is 4.59. The second-order valence-corrected chi connectivity index (χ2v) is 7.21. The molecule has 9 heteroatoms. The number of nitrogens with two attached hydrogens (primary N) is 1. The highest BCUT2D eigenvalue weighted by molar-refractivity contribution is 6.22. The lowest BCUT2D eigenvalue weighted by Gasteiger charge is -2.22. The van der Waals surface area contributed by atoms with Crippen LogP contribution in [0, 0.1) is 5.92 Å². The number of hydrogen-bond acceptors (Lipinski definition) is 7. The van der Waals surface area contributed by atoms with Crippen LogP contribution in [0.2, 0.25) is 0 Å². The van der Waals surface area contributed by atoms with Crippen LogP contribution in [0.4, 0.5) is 4.79 Å². The Morgan fingerprint density at radius 3 is 2.13 bits per heavy atom. The zero-order chi connectivity index (χ0) is 21.8. The first-order chi connectivity index (χ1) is 14.3. The number of amides is 3. The fourth-order valence-electron chi connectivity index (χ4n) is 3.27. The lowest BCUT2D eigenvalue weighted by Crippen LogP contribution is -2.45. The smallest absolute Gasteiger partial charge is 0.348 e. The molecule has 1 unspecified atom stereocenters. The SMILES string of the molecule is CC(C)CC1C(O)=C(C(=O)OC(c2ccccn2)c2ccccn2)C(=O)N1C(N)=O. The molecule has 1 aliphatic heterocycles. The maximum Gasteiger partial charge on any atom is 0.348 e. The van der Waals surface area contributed by atoms with E-state index in [1.54, 1.807) is 36.4 Å². The van der Waals surface area contributed by atoms with Crippen LogP contribution in [0.15, 0.2) is 60.1 Å². The first-order valence-electron chi connectivity index (χ1n) is 9.40. The molecular formula is C21H22N4O5. The van der Waals surface area contributed by atoms with Gasteiger partial charge in [0.1, 0.15) is 11.8 Å². The van der Waals surface area contributed by atoms with E-state index in [2.05, 4.69) is 9.97 Å². The van der Waals surface area contributed by atoms with E-state index in [9.17, 15) is 19.5 Å². The standard InChI is InChI=1S/C21H22N4O5/c1-12(2)11-15-17(26)16(19(27)25(15)21(22)29)20(28)30-18(13-7-3-5-9-23-13)14-8-4-6-10-24-14/h3-10,12,15,18,26H,11H2,1-2H3,(H2,22,29). The molecule has 156 valence electrons. The maximum absolute atomic E-state index is 12.9. The Hall–Kier alpha value is -3.75. The monoisotopic (exact) mass is 410 g/mol. The minimum Gasteiger partial charge on any atom is -0.509 e. The van der Waals surface area contributed by atoms with Gasteiger partial charge in [-0.1, -0.05) is 26.0 Å². The van der Waals surface area contributed by atoms with E-state index in [0.717, 1.165) is 0 Å². The van der Waals surface area contributed by atoms with Gasteiger partial charge >= 0.3 is 12.0 Å². The molecule has 1 aliphatic rings. The Kier molecular flexibility index (Phi) is 6.10. The molecule has 3 rings (SSSR count).